The molecule has 1 heterocycles. The van der Waals surface area contributed by atoms with Gasteiger partial charge in [-0.2, -0.15) is 0 Å². The summed E-state index contributed by atoms with van der Waals surface area (Å²) in [5, 5.41) is 2.87. The fourth-order valence-electron chi connectivity index (χ4n) is 2.02. The normalized spacial score (nSPS) is 14.2. The van der Waals surface area contributed by atoms with E-state index < -0.39 is 0 Å². The molecule has 1 aliphatic heterocycles. The number of para-hydroxylation sites is 2. The molecule has 0 unspecified atom stereocenters. The number of hydrogen-bond donors (Lipinski definition) is 1. The molecule has 94 valence electrons. The highest BCUT2D eigenvalue weighted by atomic mass is 79.9. The lowest BCUT2D eigenvalue weighted by molar-refractivity contribution is -0.115. The first-order chi connectivity index (χ1) is 9.22. The van der Waals surface area contributed by atoms with Crippen molar-refractivity contribution >= 4 is 38.9 Å². The van der Waals surface area contributed by atoms with Crippen LogP contribution in [0.5, 0.6) is 0 Å². The van der Waals surface area contributed by atoms with Crippen molar-refractivity contribution in [2.45, 2.75) is 6.42 Å². The van der Waals surface area contributed by atoms with E-state index >= 15 is 0 Å². The van der Waals surface area contributed by atoms with E-state index in [2.05, 4.69) is 26.2 Å². The number of aliphatic imine (C=N–C) groups is 1. The maximum atomic E-state index is 11.9. The van der Waals surface area contributed by atoms with Crippen LogP contribution in [0.4, 0.5) is 11.4 Å². The van der Waals surface area contributed by atoms with Crippen molar-refractivity contribution in [3.8, 4) is 0 Å². The first-order valence-electron chi connectivity index (χ1n) is 5.95. The molecule has 4 heteroatoms. The summed E-state index contributed by atoms with van der Waals surface area (Å²) in [6.07, 6.45) is 0.288. The van der Waals surface area contributed by atoms with Crippen LogP contribution >= 0.6 is 15.9 Å². The lowest BCUT2D eigenvalue weighted by atomic mass is 10.1. The number of nitrogens with zero attached hydrogens (tertiary/aromatic N) is 1. The van der Waals surface area contributed by atoms with Gasteiger partial charge in [0, 0.05) is 4.47 Å². The van der Waals surface area contributed by atoms with Crippen LogP contribution in [0.25, 0.3) is 0 Å². The van der Waals surface area contributed by atoms with Gasteiger partial charge >= 0.3 is 0 Å². The highest BCUT2D eigenvalue weighted by Gasteiger charge is 2.16. The molecule has 1 N–H and O–H groups in total. The van der Waals surface area contributed by atoms with E-state index in [1.807, 2.05) is 48.5 Å². The molecule has 1 aliphatic rings. The largest absolute Gasteiger partial charge is 0.324 e. The van der Waals surface area contributed by atoms with Crippen molar-refractivity contribution in [1.29, 1.82) is 0 Å². The second-order valence-corrected chi connectivity index (χ2v) is 5.22. The highest BCUT2D eigenvalue weighted by Crippen LogP contribution is 2.28. The van der Waals surface area contributed by atoms with Gasteiger partial charge in [-0.15, -0.1) is 0 Å². The molecule has 0 fully saturated rings. The first kappa shape index (κ1) is 12.1. The Balaban J connectivity index is 2.08. The van der Waals surface area contributed by atoms with Gasteiger partial charge in [-0.05, 0) is 29.8 Å². The van der Waals surface area contributed by atoms with Crippen LogP contribution in [0, 0.1) is 0 Å². The third kappa shape index (κ3) is 2.58. The summed E-state index contributed by atoms with van der Waals surface area (Å²) in [5.74, 6) is -0.0355. The van der Waals surface area contributed by atoms with E-state index in [4.69, 9.17) is 0 Å². The molecule has 0 atom stereocenters. The van der Waals surface area contributed by atoms with Gasteiger partial charge in [-0.25, -0.2) is 0 Å². The molecule has 0 aromatic heterocycles. The number of anilines is 1. The van der Waals surface area contributed by atoms with Gasteiger partial charge in [0.2, 0.25) is 5.91 Å². The second kappa shape index (κ2) is 4.97. The molecule has 0 aliphatic carbocycles. The van der Waals surface area contributed by atoms with Gasteiger partial charge in [0.1, 0.15) is 0 Å². The average molecular weight is 315 g/mol. The van der Waals surface area contributed by atoms with Crippen molar-refractivity contribution in [3.63, 3.8) is 0 Å². The minimum atomic E-state index is -0.0355. The van der Waals surface area contributed by atoms with Gasteiger partial charge in [0.05, 0.1) is 23.5 Å². The Morgan fingerprint density at radius 3 is 2.58 bits per heavy atom. The molecular formula is C15H11BrN2O. The Morgan fingerprint density at radius 2 is 1.79 bits per heavy atom. The zero-order chi connectivity index (χ0) is 13.2. The second-order valence-electron chi connectivity index (χ2n) is 4.31. The summed E-state index contributed by atoms with van der Waals surface area (Å²) in [7, 11) is 0. The number of hydrogen-bond acceptors (Lipinski definition) is 2. The molecular weight excluding hydrogens is 304 g/mol. The Morgan fingerprint density at radius 1 is 1.05 bits per heavy atom. The molecule has 0 spiro atoms. The molecule has 3 rings (SSSR count). The van der Waals surface area contributed by atoms with E-state index in [9.17, 15) is 4.79 Å². The molecule has 0 radical (unpaired) electrons. The van der Waals surface area contributed by atoms with Crippen LogP contribution < -0.4 is 5.32 Å². The maximum Gasteiger partial charge on any atom is 0.230 e. The topological polar surface area (TPSA) is 41.5 Å². The Hall–Kier alpha value is -1.94. The summed E-state index contributed by atoms with van der Waals surface area (Å²) < 4.78 is 1.01. The van der Waals surface area contributed by atoms with Crippen LogP contribution in [0.2, 0.25) is 0 Å². The fraction of sp³-hybridized carbons (Fsp3) is 0.0667. The van der Waals surface area contributed by atoms with Gasteiger partial charge in [-0.1, -0.05) is 40.2 Å². The quantitative estimate of drug-likeness (QED) is 0.851. The number of nitrogens with one attached hydrogen (secondary N) is 1. The number of rotatable bonds is 1. The molecule has 0 bridgehead atoms. The number of halogens is 1. The van der Waals surface area contributed by atoms with Crippen molar-refractivity contribution in [3.05, 3.63) is 58.6 Å². The maximum absolute atomic E-state index is 11.9. The van der Waals surface area contributed by atoms with Gasteiger partial charge in [0.15, 0.2) is 0 Å². The molecule has 19 heavy (non-hydrogen) atoms. The van der Waals surface area contributed by atoms with E-state index in [-0.39, 0.29) is 12.3 Å². The summed E-state index contributed by atoms with van der Waals surface area (Å²) >= 11 is 3.40. The Bertz CT molecular complexity index is 662. The zero-order valence-corrected chi connectivity index (χ0v) is 11.6. The van der Waals surface area contributed by atoms with Crippen molar-refractivity contribution in [1.82, 2.24) is 0 Å². The number of amides is 1. The van der Waals surface area contributed by atoms with Crippen LogP contribution in [-0.4, -0.2) is 11.6 Å². The fourth-order valence-corrected chi connectivity index (χ4v) is 2.28. The Kier molecular flexibility index (Phi) is 3.17. The van der Waals surface area contributed by atoms with Crippen LogP contribution in [-0.2, 0) is 4.79 Å². The third-order valence-electron chi connectivity index (χ3n) is 2.94. The summed E-state index contributed by atoms with van der Waals surface area (Å²) in [5.41, 5.74) is 3.32. The van der Waals surface area contributed by atoms with Gasteiger partial charge in [-0.3, -0.25) is 9.79 Å². The lowest BCUT2D eigenvalue weighted by Crippen LogP contribution is -2.14. The molecule has 0 saturated heterocycles. The summed E-state index contributed by atoms with van der Waals surface area (Å²) in [4.78, 5) is 16.5. The number of fused-ring (bicyclic) bond motifs is 1. The lowest BCUT2D eigenvalue weighted by Gasteiger charge is -2.03. The first-order valence-corrected chi connectivity index (χ1v) is 6.74. The van der Waals surface area contributed by atoms with E-state index in [0.29, 0.717) is 0 Å². The van der Waals surface area contributed by atoms with Crippen molar-refractivity contribution in [2.75, 3.05) is 5.32 Å². The minimum Gasteiger partial charge on any atom is -0.324 e. The standard InChI is InChI=1S/C15H11BrN2O/c16-11-7-5-10(6-8-11)14-9-15(19)18-13-4-2-1-3-12(13)17-14/h1-8H,9H2,(H,18,19). The van der Waals surface area contributed by atoms with Crippen molar-refractivity contribution in [2.24, 2.45) is 4.99 Å². The van der Waals surface area contributed by atoms with E-state index in [1.54, 1.807) is 0 Å². The van der Waals surface area contributed by atoms with Gasteiger partial charge in [0.25, 0.3) is 0 Å². The van der Waals surface area contributed by atoms with E-state index in [0.717, 1.165) is 27.1 Å². The third-order valence-corrected chi connectivity index (χ3v) is 3.47. The predicted octanol–water partition coefficient (Wildman–Crippen LogP) is 3.91. The number of carbonyl (C=O) groups excluding carboxylic acids is 1. The highest BCUT2D eigenvalue weighted by molar-refractivity contribution is 9.10. The van der Waals surface area contributed by atoms with Gasteiger partial charge < -0.3 is 5.32 Å². The molecule has 1 amide bonds. The summed E-state index contributed by atoms with van der Waals surface area (Å²) in [6, 6.07) is 15.4. The zero-order valence-electron chi connectivity index (χ0n) is 10.1. The van der Waals surface area contributed by atoms with E-state index in [1.165, 1.54) is 0 Å². The number of benzene rings is 2. The molecule has 0 saturated carbocycles. The smallest absolute Gasteiger partial charge is 0.230 e. The minimum absolute atomic E-state index is 0.0355. The molecule has 2 aromatic rings. The van der Waals surface area contributed by atoms with Crippen LogP contribution in [0.15, 0.2) is 58.0 Å². The Labute approximate surface area is 119 Å². The SMILES string of the molecule is O=C1CC(c2ccc(Br)cc2)=Nc2ccccc2N1. The van der Waals surface area contributed by atoms with Crippen molar-refractivity contribution < 1.29 is 4.79 Å². The molecule has 3 nitrogen and oxygen atoms in total. The monoisotopic (exact) mass is 314 g/mol. The average Bonchev–Trinajstić information content (AvgIpc) is 2.57. The predicted molar refractivity (Wildman–Crippen MR) is 80.0 cm³/mol. The number of carbonyl (C=O) groups is 1. The molecule has 2 aromatic carbocycles. The van der Waals surface area contributed by atoms with Crippen LogP contribution in [0.1, 0.15) is 12.0 Å². The summed E-state index contributed by atoms with van der Waals surface area (Å²) in [6.45, 7) is 0. The van der Waals surface area contributed by atoms with Crippen LogP contribution in [0.3, 0.4) is 0 Å².